The van der Waals surface area contributed by atoms with Crippen LogP contribution in [0.15, 0.2) is 12.1 Å². The van der Waals surface area contributed by atoms with E-state index in [1.807, 2.05) is 0 Å². The zero-order valence-corrected chi connectivity index (χ0v) is 7.40. The van der Waals surface area contributed by atoms with E-state index >= 15 is 0 Å². The van der Waals surface area contributed by atoms with Crippen molar-refractivity contribution < 1.29 is 22.7 Å². The van der Waals surface area contributed by atoms with Gasteiger partial charge < -0.3 is 10.8 Å². The Bertz CT molecular complexity index is 434. The molecule has 0 saturated heterocycles. The minimum absolute atomic E-state index is 0.405. The lowest BCUT2D eigenvalue weighted by Gasteiger charge is -2.13. The van der Waals surface area contributed by atoms with Gasteiger partial charge in [-0.15, -0.1) is 0 Å². The predicted octanol–water partition coefficient (Wildman–Crippen LogP) is 1.86. The zero-order chi connectivity index (χ0) is 11.4. The summed E-state index contributed by atoms with van der Waals surface area (Å²) in [5.41, 5.74) is 2.50. The van der Waals surface area contributed by atoms with Crippen LogP contribution >= 0.6 is 0 Å². The van der Waals surface area contributed by atoms with Crippen molar-refractivity contribution in [1.29, 1.82) is 0 Å². The molecule has 0 bridgehead atoms. The van der Waals surface area contributed by atoms with Gasteiger partial charge in [-0.3, -0.25) is 0 Å². The average molecular weight is 221 g/mol. The minimum Gasteiger partial charge on any atom is -0.505 e. The third kappa shape index (κ3) is 1.28. The maximum absolute atomic E-state index is 12.9. The fraction of sp³-hybridized carbons (Fsp3) is 0.333. The van der Waals surface area contributed by atoms with E-state index in [1.54, 1.807) is 0 Å². The molecule has 0 aliphatic heterocycles. The van der Waals surface area contributed by atoms with Gasteiger partial charge in [0.25, 0.3) is 5.92 Å². The first-order chi connectivity index (χ1) is 6.78. The van der Waals surface area contributed by atoms with Gasteiger partial charge in [-0.25, -0.2) is 17.6 Å². The van der Waals surface area contributed by atoms with Gasteiger partial charge in [-0.05, 0) is 6.07 Å². The van der Waals surface area contributed by atoms with E-state index in [2.05, 4.69) is 0 Å². The van der Waals surface area contributed by atoms with E-state index < -0.39 is 40.8 Å². The number of benzene rings is 1. The van der Waals surface area contributed by atoms with Crippen molar-refractivity contribution in [2.24, 2.45) is 5.73 Å². The van der Waals surface area contributed by atoms with Gasteiger partial charge in [-0.2, -0.15) is 0 Å². The number of alkyl halides is 2. The molecular weight excluding hydrogens is 214 g/mol. The molecule has 6 heteroatoms. The molecule has 1 aliphatic rings. The van der Waals surface area contributed by atoms with Gasteiger partial charge in [0, 0.05) is 18.1 Å². The topological polar surface area (TPSA) is 46.2 Å². The predicted molar refractivity (Wildman–Crippen MR) is 43.5 cm³/mol. The number of phenolic OH excluding ortho intramolecular Hbond substituents is 1. The fourth-order valence-electron chi connectivity index (χ4n) is 1.50. The highest BCUT2D eigenvalue weighted by Gasteiger charge is 2.71. The van der Waals surface area contributed by atoms with Gasteiger partial charge in [0.1, 0.15) is 11.4 Å². The first kappa shape index (κ1) is 10.2. The molecule has 0 heterocycles. The van der Waals surface area contributed by atoms with Crippen molar-refractivity contribution in [3.8, 4) is 5.75 Å². The van der Waals surface area contributed by atoms with Gasteiger partial charge in [0.15, 0.2) is 11.6 Å². The number of aromatic hydroxyl groups is 1. The Balaban J connectivity index is 2.55. The lowest BCUT2D eigenvalue weighted by atomic mass is 10.0. The van der Waals surface area contributed by atoms with Crippen LogP contribution in [-0.2, 0) is 5.54 Å². The van der Waals surface area contributed by atoms with Crippen LogP contribution in [0.3, 0.4) is 0 Å². The molecule has 0 amide bonds. The first-order valence-electron chi connectivity index (χ1n) is 4.13. The van der Waals surface area contributed by atoms with Crippen LogP contribution in [0.1, 0.15) is 12.0 Å². The number of rotatable bonds is 1. The third-order valence-electron chi connectivity index (χ3n) is 2.54. The molecule has 0 spiro atoms. The van der Waals surface area contributed by atoms with E-state index in [0.717, 1.165) is 0 Å². The van der Waals surface area contributed by atoms with Crippen LogP contribution in [0, 0.1) is 11.6 Å². The Kier molecular flexibility index (Phi) is 1.79. The van der Waals surface area contributed by atoms with E-state index in [4.69, 9.17) is 5.73 Å². The van der Waals surface area contributed by atoms with Gasteiger partial charge >= 0.3 is 0 Å². The second-order valence-corrected chi connectivity index (χ2v) is 3.64. The lowest BCUT2D eigenvalue weighted by molar-refractivity contribution is 0.0882. The summed E-state index contributed by atoms with van der Waals surface area (Å²) in [6.07, 6.45) is -0.726. The van der Waals surface area contributed by atoms with Crippen molar-refractivity contribution >= 4 is 0 Å². The molecule has 1 unspecified atom stereocenters. The summed E-state index contributed by atoms with van der Waals surface area (Å²) in [4.78, 5) is 0. The smallest absolute Gasteiger partial charge is 0.272 e. The second kappa shape index (κ2) is 2.63. The maximum atomic E-state index is 12.9. The highest BCUT2D eigenvalue weighted by Crippen LogP contribution is 2.59. The van der Waals surface area contributed by atoms with E-state index in [9.17, 15) is 22.7 Å². The highest BCUT2D eigenvalue weighted by atomic mass is 19.3. The molecule has 0 aromatic heterocycles. The van der Waals surface area contributed by atoms with E-state index in [0.29, 0.717) is 12.1 Å². The number of halogens is 4. The molecule has 15 heavy (non-hydrogen) atoms. The van der Waals surface area contributed by atoms with Crippen LogP contribution in [0.25, 0.3) is 0 Å². The molecule has 82 valence electrons. The molecule has 3 N–H and O–H groups in total. The lowest BCUT2D eigenvalue weighted by Crippen LogP contribution is -2.27. The molecule has 0 radical (unpaired) electrons. The van der Waals surface area contributed by atoms with Gasteiger partial charge in [0.2, 0.25) is 0 Å². The van der Waals surface area contributed by atoms with E-state index in [-0.39, 0.29) is 0 Å². The largest absolute Gasteiger partial charge is 0.505 e. The van der Waals surface area contributed by atoms with Crippen molar-refractivity contribution in [2.75, 3.05) is 0 Å². The summed E-state index contributed by atoms with van der Waals surface area (Å²) in [6, 6.07) is 1.03. The highest BCUT2D eigenvalue weighted by molar-refractivity contribution is 5.46. The Labute approximate surface area is 82.3 Å². The molecule has 1 aromatic rings. The Hall–Kier alpha value is -1.30. The number of phenols is 1. The number of hydrogen-bond acceptors (Lipinski definition) is 2. The van der Waals surface area contributed by atoms with Crippen LogP contribution in [0.2, 0.25) is 0 Å². The summed E-state index contributed by atoms with van der Waals surface area (Å²) in [5, 5.41) is 9.17. The fourth-order valence-corrected chi connectivity index (χ4v) is 1.50. The average Bonchev–Trinajstić information content (AvgIpc) is 2.60. The summed E-state index contributed by atoms with van der Waals surface area (Å²) < 4.78 is 51.3. The SMILES string of the molecule is NC1(c2cc(F)cc(F)c2O)CC1(F)F. The maximum Gasteiger partial charge on any atom is 0.272 e. The molecule has 1 atom stereocenters. The van der Waals surface area contributed by atoms with Crippen LogP contribution in [0.5, 0.6) is 5.75 Å². The Morgan fingerprint density at radius 2 is 1.80 bits per heavy atom. The standard InChI is InChI=1S/C9H7F4NO/c10-4-1-5(7(15)6(11)2-4)8(14)3-9(8,12)13/h1-2,15H,3,14H2. The Morgan fingerprint density at radius 3 is 2.27 bits per heavy atom. The van der Waals surface area contributed by atoms with Gasteiger partial charge in [-0.1, -0.05) is 0 Å². The molecule has 1 aromatic carbocycles. The summed E-state index contributed by atoms with van der Waals surface area (Å²) in [6.45, 7) is 0. The van der Waals surface area contributed by atoms with Crippen molar-refractivity contribution in [3.63, 3.8) is 0 Å². The molecule has 1 saturated carbocycles. The molecule has 1 aliphatic carbocycles. The first-order valence-corrected chi connectivity index (χ1v) is 4.13. The zero-order valence-electron chi connectivity index (χ0n) is 7.40. The van der Waals surface area contributed by atoms with Crippen molar-refractivity contribution in [3.05, 3.63) is 29.3 Å². The normalized spacial score (nSPS) is 27.8. The summed E-state index contributed by atoms with van der Waals surface area (Å²) in [5.74, 6) is -6.59. The monoisotopic (exact) mass is 221 g/mol. The van der Waals surface area contributed by atoms with Crippen molar-refractivity contribution in [1.82, 2.24) is 0 Å². The van der Waals surface area contributed by atoms with Crippen molar-refractivity contribution in [2.45, 2.75) is 17.9 Å². The van der Waals surface area contributed by atoms with Crippen LogP contribution in [-0.4, -0.2) is 11.0 Å². The summed E-state index contributed by atoms with van der Waals surface area (Å²) in [7, 11) is 0. The molecule has 1 fully saturated rings. The number of hydrogen-bond donors (Lipinski definition) is 2. The second-order valence-electron chi connectivity index (χ2n) is 3.64. The molecular formula is C9H7F4NO. The molecule has 2 nitrogen and oxygen atoms in total. The third-order valence-corrected chi connectivity index (χ3v) is 2.54. The quantitative estimate of drug-likeness (QED) is 0.711. The van der Waals surface area contributed by atoms with Crippen LogP contribution in [0.4, 0.5) is 17.6 Å². The number of nitrogens with two attached hydrogens (primary N) is 1. The van der Waals surface area contributed by atoms with Crippen LogP contribution < -0.4 is 5.73 Å². The van der Waals surface area contributed by atoms with E-state index in [1.165, 1.54) is 0 Å². The molecule has 2 rings (SSSR count). The Morgan fingerprint density at radius 1 is 1.27 bits per heavy atom. The van der Waals surface area contributed by atoms with Gasteiger partial charge in [0.05, 0.1) is 0 Å². The minimum atomic E-state index is -3.23. The summed E-state index contributed by atoms with van der Waals surface area (Å²) >= 11 is 0.